The number of hydrogen-bond acceptors (Lipinski definition) is 4. The van der Waals surface area contributed by atoms with Gasteiger partial charge in [-0.15, -0.1) is 0 Å². The maximum absolute atomic E-state index is 9.06. The topological polar surface area (TPSA) is 49.2 Å². The second-order valence-corrected chi connectivity index (χ2v) is 3.99. The smallest absolute Gasteiger partial charge is 0.156 e. The van der Waals surface area contributed by atoms with E-state index in [1.807, 2.05) is 24.3 Å². The van der Waals surface area contributed by atoms with Crippen molar-refractivity contribution in [3.8, 4) is 0 Å². The number of aliphatic hydroxyl groups excluding tert-OH is 1. The summed E-state index contributed by atoms with van der Waals surface area (Å²) in [4.78, 5) is 10.5. The van der Waals surface area contributed by atoms with Gasteiger partial charge in [0.2, 0.25) is 0 Å². The summed E-state index contributed by atoms with van der Waals surface area (Å²) in [5, 5.41) is 9.06. The lowest BCUT2D eigenvalue weighted by atomic mass is 10.2. The molecule has 0 aliphatic rings. The molecule has 2 aromatic rings. The Balaban J connectivity index is 2.17. The first-order valence-corrected chi connectivity index (χ1v) is 6.05. The van der Waals surface area contributed by atoms with Crippen molar-refractivity contribution >= 4 is 5.82 Å². The van der Waals surface area contributed by atoms with E-state index in [2.05, 4.69) is 33.9 Å². The van der Waals surface area contributed by atoms with Gasteiger partial charge in [-0.3, -0.25) is 0 Å². The number of rotatable bonds is 5. The molecule has 0 saturated heterocycles. The lowest BCUT2D eigenvalue weighted by Crippen LogP contribution is -2.23. The van der Waals surface area contributed by atoms with Gasteiger partial charge in [0.05, 0.1) is 0 Å². The van der Waals surface area contributed by atoms with Gasteiger partial charge < -0.3 is 10.0 Å². The lowest BCUT2D eigenvalue weighted by Gasteiger charge is -2.22. The van der Waals surface area contributed by atoms with E-state index < -0.39 is 0 Å². The van der Waals surface area contributed by atoms with Crippen molar-refractivity contribution in [3.63, 3.8) is 0 Å². The predicted octanol–water partition coefficient (Wildman–Crippen LogP) is 2.00. The van der Waals surface area contributed by atoms with Gasteiger partial charge in [-0.1, -0.05) is 30.3 Å². The minimum Gasteiger partial charge on any atom is -0.388 e. The van der Waals surface area contributed by atoms with Crippen molar-refractivity contribution in [3.05, 3.63) is 54.0 Å². The average molecular weight is 243 g/mol. The van der Waals surface area contributed by atoms with Gasteiger partial charge >= 0.3 is 0 Å². The number of nitrogens with zero attached hydrogens (tertiary/aromatic N) is 3. The summed E-state index contributed by atoms with van der Waals surface area (Å²) in [6, 6.07) is 12.1. The van der Waals surface area contributed by atoms with Crippen molar-refractivity contribution in [1.29, 1.82) is 0 Å². The van der Waals surface area contributed by atoms with E-state index in [0.29, 0.717) is 5.82 Å². The second-order valence-electron chi connectivity index (χ2n) is 3.99. The first-order valence-electron chi connectivity index (χ1n) is 6.05. The predicted molar refractivity (Wildman–Crippen MR) is 71.1 cm³/mol. The first kappa shape index (κ1) is 12.5. The molecule has 4 heteroatoms. The van der Waals surface area contributed by atoms with E-state index in [0.717, 1.165) is 18.9 Å². The zero-order valence-corrected chi connectivity index (χ0v) is 10.5. The van der Waals surface area contributed by atoms with E-state index in [-0.39, 0.29) is 6.61 Å². The van der Waals surface area contributed by atoms with Crippen molar-refractivity contribution in [2.24, 2.45) is 0 Å². The van der Waals surface area contributed by atoms with Crippen LogP contribution in [0.15, 0.2) is 42.6 Å². The molecular formula is C14H17N3O. The molecule has 0 fully saturated rings. The Morgan fingerprint density at radius 3 is 2.61 bits per heavy atom. The monoisotopic (exact) mass is 243 g/mol. The van der Waals surface area contributed by atoms with Gasteiger partial charge in [-0.2, -0.15) is 0 Å². The van der Waals surface area contributed by atoms with Crippen LogP contribution in [-0.4, -0.2) is 21.6 Å². The minimum atomic E-state index is -0.128. The second kappa shape index (κ2) is 6.12. The van der Waals surface area contributed by atoms with Crippen LogP contribution in [0.4, 0.5) is 5.82 Å². The number of benzene rings is 1. The molecule has 0 spiro atoms. The van der Waals surface area contributed by atoms with Crippen LogP contribution in [0.1, 0.15) is 18.3 Å². The number of hydrogen-bond donors (Lipinski definition) is 1. The standard InChI is InChI=1S/C14H17N3O/c1-2-17(10-12-6-4-3-5-7-12)14-8-9-15-13(11-18)16-14/h3-9,18H,2,10-11H2,1H3. The van der Waals surface area contributed by atoms with Crippen molar-refractivity contribution < 1.29 is 5.11 Å². The van der Waals surface area contributed by atoms with Crippen LogP contribution in [0.5, 0.6) is 0 Å². The molecule has 1 N–H and O–H groups in total. The van der Waals surface area contributed by atoms with Crippen LogP contribution in [0.3, 0.4) is 0 Å². The molecule has 1 aromatic heterocycles. The highest BCUT2D eigenvalue weighted by Gasteiger charge is 2.07. The third kappa shape index (κ3) is 3.05. The van der Waals surface area contributed by atoms with Gasteiger partial charge in [0, 0.05) is 19.3 Å². The zero-order valence-electron chi connectivity index (χ0n) is 10.5. The quantitative estimate of drug-likeness (QED) is 0.872. The summed E-state index contributed by atoms with van der Waals surface area (Å²) in [6.45, 7) is 3.62. The number of anilines is 1. The van der Waals surface area contributed by atoms with Crippen molar-refractivity contribution in [1.82, 2.24) is 9.97 Å². The van der Waals surface area contributed by atoms with Crippen LogP contribution < -0.4 is 4.90 Å². The molecule has 1 aromatic carbocycles. The van der Waals surface area contributed by atoms with Crippen LogP contribution in [-0.2, 0) is 13.2 Å². The van der Waals surface area contributed by atoms with Gasteiger partial charge in [-0.05, 0) is 18.6 Å². The Bertz CT molecular complexity index is 487. The molecule has 0 radical (unpaired) electrons. The number of aliphatic hydroxyl groups is 1. The Labute approximate surface area is 107 Å². The molecule has 0 aliphatic carbocycles. The molecule has 94 valence electrons. The summed E-state index contributed by atoms with van der Waals surface area (Å²) in [5.41, 5.74) is 1.24. The minimum absolute atomic E-state index is 0.128. The van der Waals surface area contributed by atoms with E-state index >= 15 is 0 Å². The normalized spacial score (nSPS) is 10.3. The third-order valence-electron chi connectivity index (χ3n) is 2.75. The van der Waals surface area contributed by atoms with E-state index in [9.17, 15) is 0 Å². The summed E-state index contributed by atoms with van der Waals surface area (Å²) < 4.78 is 0. The van der Waals surface area contributed by atoms with Crippen LogP contribution in [0.2, 0.25) is 0 Å². The fourth-order valence-electron chi connectivity index (χ4n) is 1.80. The van der Waals surface area contributed by atoms with Gasteiger partial charge in [0.15, 0.2) is 5.82 Å². The molecule has 2 rings (SSSR count). The van der Waals surface area contributed by atoms with Crippen LogP contribution in [0.25, 0.3) is 0 Å². The molecule has 0 aliphatic heterocycles. The van der Waals surface area contributed by atoms with Crippen molar-refractivity contribution in [2.75, 3.05) is 11.4 Å². The molecule has 0 saturated carbocycles. The molecule has 0 unspecified atom stereocenters. The largest absolute Gasteiger partial charge is 0.388 e. The molecule has 0 bridgehead atoms. The van der Waals surface area contributed by atoms with Crippen molar-refractivity contribution in [2.45, 2.75) is 20.1 Å². The summed E-state index contributed by atoms with van der Waals surface area (Å²) in [5.74, 6) is 1.31. The molecule has 4 nitrogen and oxygen atoms in total. The highest BCUT2D eigenvalue weighted by Crippen LogP contribution is 2.13. The highest BCUT2D eigenvalue weighted by atomic mass is 16.3. The van der Waals surface area contributed by atoms with E-state index in [4.69, 9.17) is 5.11 Å². The number of aromatic nitrogens is 2. The Morgan fingerprint density at radius 2 is 1.94 bits per heavy atom. The molecule has 18 heavy (non-hydrogen) atoms. The third-order valence-corrected chi connectivity index (χ3v) is 2.75. The summed E-state index contributed by atoms with van der Waals surface area (Å²) >= 11 is 0. The fourth-order valence-corrected chi connectivity index (χ4v) is 1.80. The molecular weight excluding hydrogens is 226 g/mol. The van der Waals surface area contributed by atoms with Gasteiger partial charge in [-0.25, -0.2) is 9.97 Å². The zero-order chi connectivity index (χ0) is 12.8. The summed E-state index contributed by atoms with van der Waals surface area (Å²) in [6.07, 6.45) is 1.68. The lowest BCUT2D eigenvalue weighted by molar-refractivity contribution is 0.271. The Hall–Kier alpha value is -1.94. The molecule has 1 heterocycles. The Morgan fingerprint density at radius 1 is 1.17 bits per heavy atom. The van der Waals surface area contributed by atoms with Crippen LogP contribution >= 0.6 is 0 Å². The molecule has 0 amide bonds. The van der Waals surface area contributed by atoms with Crippen LogP contribution in [0, 0.1) is 0 Å². The summed E-state index contributed by atoms with van der Waals surface area (Å²) in [7, 11) is 0. The maximum atomic E-state index is 9.06. The van der Waals surface area contributed by atoms with E-state index in [1.165, 1.54) is 5.56 Å². The van der Waals surface area contributed by atoms with Gasteiger partial charge in [0.25, 0.3) is 0 Å². The first-order chi connectivity index (χ1) is 8.83. The van der Waals surface area contributed by atoms with E-state index in [1.54, 1.807) is 6.20 Å². The average Bonchev–Trinajstić information content (AvgIpc) is 2.46. The Kier molecular flexibility index (Phi) is 4.25. The SMILES string of the molecule is CCN(Cc1ccccc1)c1ccnc(CO)n1. The molecule has 0 atom stereocenters. The fraction of sp³-hybridized carbons (Fsp3) is 0.286. The van der Waals surface area contributed by atoms with Gasteiger partial charge in [0.1, 0.15) is 12.4 Å². The highest BCUT2D eigenvalue weighted by molar-refractivity contribution is 5.38. The maximum Gasteiger partial charge on any atom is 0.156 e.